The van der Waals surface area contributed by atoms with Crippen LogP contribution in [0.5, 0.6) is 0 Å². The summed E-state index contributed by atoms with van der Waals surface area (Å²) in [6, 6.07) is 9.73. The number of fused-ring (bicyclic) bond motifs is 1. The molecule has 0 radical (unpaired) electrons. The van der Waals surface area contributed by atoms with Crippen molar-refractivity contribution in [3.05, 3.63) is 51.5 Å². The second-order valence-electron chi connectivity index (χ2n) is 7.06. The molecule has 6 nitrogen and oxygen atoms in total. The molecule has 0 saturated carbocycles. The third-order valence-electron chi connectivity index (χ3n) is 5.14. The Kier molecular flexibility index (Phi) is 5.68. The summed E-state index contributed by atoms with van der Waals surface area (Å²) < 4.78 is 1.97. The number of benzene rings is 1. The molecule has 1 fully saturated rings. The van der Waals surface area contributed by atoms with Crippen molar-refractivity contribution in [3.63, 3.8) is 0 Å². The monoisotopic (exact) mass is 418 g/mol. The highest BCUT2D eigenvalue weighted by molar-refractivity contribution is 7.20. The number of hydrogen-bond acceptors (Lipinski definition) is 5. The number of carbonyl (C=O) groups is 1. The fourth-order valence-corrected chi connectivity index (χ4v) is 4.81. The molecular formula is C20H23ClN4O2S. The van der Waals surface area contributed by atoms with Crippen LogP contribution in [0.3, 0.4) is 0 Å². The molecule has 1 N–H and O–H groups in total. The minimum absolute atomic E-state index is 0.0855. The number of amides is 1. The van der Waals surface area contributed by atoms with Gasteiger partial charge in [-0.1, -0.05) is 23.7 Å². The first-order valence-corrected chi connectivity index (χ1v) is 10.6. The summed E-state index contributed by atoms with van der Waals surface area (Å²) in [6.45, 7) is 6.47. The Morgan fingerprint density at radius 3 is 2.61 bits per heavy atom. The topological polar surface area (TPSA) is 61.6 Å². The summed E-state index contributed by atoms with van der Waals surface area (Å²) in [5.41, 5.74) is 2.06. The van der Waals surface area contributed by atoms with E-state index in [1.54, 1.807) is 0 Å². The number of aliphatic hydroxyl groups excluding tert-OH is 1. The zero-order valence-electron chi connectivity index (χ0n) is 15.8. The zero-order chi connectivity index (χ0) is 19.7. The van der Waals surface area contributed by atoms with Gasteiger partial charge in [-0.25, -0.2) is 0 Å². The van der Waals surface area contributed by atoms with E-state index in [0.717, 1.165) is 39.4 Å². The molecule has 3 aromatic rings. The average Bonchev–Trinajstić information content (AvgIpc) is 3.25. The van der Waals surface area contributed by atoms with Crippen LogP contribution in [0.2, 0.25) is 5.02 Å². The molecular weight excluding hydrogens is 396 g/mol. The van der Waals surface area contributed by atoms with Gasteiger partial charge in [-0.15, -0.1) is 11.3 Å². The molecule has 1 amide bonds. The lowest BCUT2D eigenvalue weighted by Crippen LogP contribution is -2.49. The van der Waals surface area contributed by atoms with Crippen molar-refractivity contribution in [1.82, 2.24) is 19.6 Å². The van der Waals surface area contributed by atoms with Crippen LogP contribution in [0.25, 0.3) is 10.2 Å². The number of β-amino-alcohol motifs (C(OH)–C–C–N with tert-alkyl or cyclic N) is 1. The van der Waals surface area contributed by atoms with Crippen LogP contribution >= 0.6 is 22.9 Å². The Balaban J connectivity index is 1.53. The fourth-order valence-electron chi connectivity index (χ4n) is 3.56. The first-order valence-electron chi connectivity index (χ1n) is 9.39. The van der Waals surface area contributed by atoms with E-state index in [0.29, 0.717) is 31.2 Å². The van der Waals surface area contributed by atoms with E-state index in [1.807, 2.05) is 46.8 Å². The summed E-state index contributed by atoms with van der Waals surface area (Å²) in [5, 5.41) is 15.5. The third kappa shape index (κ3) is 3.93. The smallest absolute Gasteiger partial charge is 0.264 e. The van der Waals surface area contributed by atoms with Crippen molar-refractivity contribution < 1.29 is 9.90 Å². The standard InChI is InChI=1S/C20H23ClN4O2S/c1-14-17-12-18(19(27)24-8-6-23(7-9-24)10-11-26)28-20(17)25(22-14)13-15-2-4-16(21)5-3-15/h2-5,12,26H,6-11,13H2,1H3. The molecule has 3 heterocycles. The van der Waals surface area contributed by atoms with E-state index in [-0.39, 0.29) is 12.5 Å². The molecule has 8 heteroatoms. The Morgan fingerprint density at radius 2 is 1.93 bits per heavy atom. The SMILES string of the molecule is Cc1nn(Cc2ccc(Cl)cc2)c2sc(C(=O)N3CCN(CCO)CC3)cc12. The highest BCUT2D eigenvalue weighted by Crippen LogP contribution is 2.30. The maximum absolute atomic E-state index is 13.0. The van der Waals surface area contributed by atoms with Gasteiger partial charge in [-0.3, -0.25) is 14.4 Å². The number of rotatable bonds is 5. The lowest BCUT2D eigenvalue weighted by molar-refractivity contribution is 0.0619. The largest absolute Gasteiger partial charge is 0.395 e. The summed E-state index contributed by atoms with van der Waals surface area (Å²) in [6.07, 6.45) is 0. The maximum Gasteiger partial charge on any atom is 0.264 e. The second-order valence-corrected chi connectivity index (χ2v) is 8.52. The molecule has 1 aromatic carbocycles. The molecule has 2 aromatic heterocycles. The van der Waals surface area contributed by atoms with Gasteiger partial charge < -0.3 is 10.0 Å². The summed E-state index contributed by atoms with van der Waals surface area (Å²) >= 11 is 7.48. The Morgan fingerprint density at radius 1 is 1.21 bits per heavy atom. The Labute approximate surface area is 172 Å². The Hall–Kier alpha value is -1.93. The summed E-state index contributed by atoms with van der Waals surface area (Å²) in [5.74, 6) is 0.0855. The lowest BCUT2D eigenvalue weighted by Gasteiger charge is -2.34. The van der Waals surface area contributed by atoms with E-state index in [9.17, 15) is 4.79 Å². The number of carbonyl (C=O) groups excluding carboxylic acids is 1. The van der Waals surface area contributed by atoms with Crippen LogP contribution in [-0.4, -0.2) is 69.9 Å². The number of hydrogen-bond donors (Lipinski definition) is 1. The summed E-state index contributed by atoms with van der Waals surface area (Å²) in [7, 11) is 0. The molecule has 0 atom stereocenters. The first kappa shape index (κ1) is 19.4. The average molecular weight is 419 g/mol. The van der Waals surface area contributed by atoms with E-state index in [4.69, 9.17) is 16.7 Å². The van der Waals surface area contributed by atoms with Gasteiger partial charge in [0.25, 0.3) is 5.91 Å². The van der Waals surface area contributed by atoms with Crippen molar-refractivity contribution in [1.29, 1.82) is 0 Å². The molecule has 0 aliphatic carbocycles. The van der Waals surface area contributed by atoms with Gasteiger partial charge in [-0.2, -0.15) is 5.10 Å². The zero-order valence-corrected chi connectivity index (χ0v) is 17.3. The van der Waals surface area contributed by atoms with Gasteiger partial charge >= 0.3 is 0 Å². The molecule has 0 bridgehead atoms. The minimum atomic E-state index is 0.0855. The first-order chi connectivity index (χ1) is 13.5. The number of nitrogens with zero attached hydrogens (tertiary/aromatic N) is 4. The van der Waals surface area contributed by atoms with Crippen molar-refractivity contribution in [2.75, 3.05) is 39.3 Å². The van der Waals surface area contributed by atoms with E-state index < -0.39 is 0 Å². The molecule has 0 unspecified atom stereocenters. The Bertz CT molecular complexity index is 974. The van der Waals surface area contributed by atoms with Crippen LogP contribution in [0.15, 0.2) is 30.3 Å². The van der Waals surface area contributed by atoms with Crippen LogP contribution in [0.4, 0.5) is 0 Å². The van der Waals surface area contributed by atoms with E-state index >= 15 is 0 Å². The second kappa shape index (κ2) is 8.21. The fraction of sp³-hybridized carbons (Fsp3) is 0.400. The van der Waals surface area contributed by atoms with Gasteiger partial charge in [0.15, 0.2) is 0 Å². The highest BCUT2D eigenvalue weighted by atomic mass is 35.5. The minimum Gasteiger partial charge on any atom is -0.395 e. The number of aryl methyl sites for hydroxylation is 1. The van der Waals surface area contributed by atoms with Crippen molar-refractivity contribution in [2.45, 2.75) is 13.5 Å². The summed E-state index contributed by atoms with van der Waals surface area (Å²) in [4.78, 5) is 18.8. The quantitative estimate of drug-likeness (QED) is 0.692. The lowest BCUT2D eigenvalue weighted by atomic mass is 10.2. The van der Waals surface area contributed by atoms with Crippen LogP contribution in [-0.2, 0) is 6.54 Å². The third-order valence-corrected chi connectivity index (χ3v) is 6.53. The molecule has 1 aliphatic rings. The molecule has 0 spiro atoms. The highest BCUT2D eigenvalue weighted by Gasteiger charge is 2.24. The van der Waals surface area contributed by atoms with Gasteiger partial charge in [0.1, 0.15) is 4.83 Å². The number of thiophene rings is 1. The number of piperazine rings is 1. The molecule has 1 aliphatic heterocycles. The van der Waals surface area contributed by atoms with Crippen molar-refractivity contribution in [2.24, 2.45) is 0 Å². The van der Waals surface area contributed by atoms with Gasteiger partial charge in [0.05, 0.1) is 23.7 Å². The predicted octanol–water partition coefficient (Wildman–Crippen LogP) is 2.86. The van der Waals surface area contributed by atoms with Crippen LogP contribution in [0, 0.1) is 6.92 Å². The number of aromatic nitrogens is 2. The number of halogens is 1. The normalized spacial score (nSPS) is 15.5. The number of aliphatic hydroxyl groups is 1. The van der Waals surface area contributed by atoms with E-state index in [1.165, 1.54) is 11.3 Å². The predicted molar refractivity (Wildman–Crippen MR) is 112 cm³/mol. The molecule has 28 heavy (non-hydrogen) atoms. The molecule has 148 valence electrons. The van der Waals surface area contributed by atoms with Crippen LogP contribution < -0.4 is 0 Å². The van der Waals surface area contributed by atoms with Crippen molar-refractivity contribution in [3.8, 4) is 0 Å². The molecule has 1 saturated heterocycles. The van der Waals surface area contributed by atoms with Gasteiger partial charge in [-0.05, 0) is 30.7 Å². The maximum atomic E-state index is 13.0. The molecule has 4 rings (SSSR count). The van der Waals surface area contributed by atoms with Crippen LogP contribution in [0.1, 0.15) is 20.9 Å². The van der Waals surface area contributed by atoms with E-state index in [2.05, 4.69) is 10.00 Å². The van der Waals surface area contributed by atoms with Gasteiger partial charge in [0, 0.05) is 43.1 Å². The van der Waals surface area contributed by atoms with Gasteiger partial charge in [0.2, 0.25) is 0 Å². The van der Waals surface area contributed by atoms with Crippen molar-refractivity contribution >= 4 is 39.1 Å².